The standard InChI is InChI=1S/C11H24N4/c1-14(2)13-11(9-12)6-8-15-7-4-3-5-10(11)15/h10,13H,3-9,12H2,1-2H3. The van der Waals surface area contributed by atoms with Crippen LogP contribution in [0.15, 0.2) is 0 Å². The number of hydrazine groups is 1. The molecule has 0 aromatic rings. The third-order valence-electron chi connectivity index (χ3n) is 3.91. The van der Waals surface area contributed by atoms with Crippen molar-refractivity contribution in [1.29, 1.82) is 0 Å². The molecule has 2 saturated heterocycles. The second kappa shape index (κ2) is 4.37. The quantitative estimate of drug-likeness (QED) is 0.647. The molecular weight excluding hydrogens is 188 g/mol. The lowest BCUT2D eigenvalue weighted by Gasteiger charge is -2.42. The third-order valence-corrected chi connectivity index (χ3v) is 3.91. The van der Waals surface area contributed by atoms with Gasteiger partial charge in [-0.05, 0) is 25.8 Å². The van der Waals surface area contributed by atoms with Crippen molar-refractivity contribution in [3.05, 3.63) is 0 Å². The number of rotatable bonds is 3. The zero-order valence-electron chi connectivity index (χ0n) is 10.00. The zero-order valence-corrected chi connectivity index (χ0v) is 10.00. The van der Waals surface area contributed by atoms with Crippen molar-refractivity contribution in [1.82, 2.24) is 15.3 Å². The maximum absolute atomic E-state index is 6.01. The summed E-state index contributed by atoms with van der Waals surface area (Å²) in [6.07, 6.45) is 5.21. The third kappa shape index (κ3) is 2.04. The average molecular weight is 212 g/mol. The molecular formula is C11H24N4. The van der Waals surface area contributed by atoms with Crippen LogP contribution < -0.4 is 11.2 Å². The smallest absolute Gasteiger partial charge is 0.0614 e. The Morgan fingerprint density at radius 1 is 1.40 bits per heavy atom. The summed E-state index contributed by atoms with van der Waals surface area (Å²) < 4.78 is 0. The Hall–Kier alpha value is -0.160. The lowest BCUT2D eigenvalue weighted by Crippen LogP contribution is -2.63. The molecule has 0 bridgehead atoms. The van der Waals surface area contributed by atoms with Crippen molar-refractivity contribution in [2.45, 2.75) is 37.3 Å². The molecule has 2 aliphatic rings. The second-order valence-corrected chi connectivity index (χ2v) is 5.16. The summed E-state index contributed by atoms with van der Waals surface area (Å²) in [6.45, 7) is 3.22. The van der Waals surface area contributed by atoms with E-state index >= 15 is 0 Å². The Bertz CT molecular complexity index is 219. The van der Waals surface area contributed by atoms with Gasteiger partial charge in [0, 0.05) is 33.2 Å². The highest BCUT2D eigenvalue weighted by Crippen LogP contribution is 2.34. The van der Waals surface area contributed by atoms with Crippen LogP contribution in [-0.2, 0) is 0 Å². The predicted octanol–water partition coefficient (Wildman–Crippen LogP) is 0.00830. The first kappa shape index (κ1) is 11.3. The summed E-state index contributed by atoms with van der Waals surface area (Å²) in [5.41, 5.74) is 9.71. The first-order valence-corrected chi connectivity index (χ1v) is 6.07. The Morgan fingerprint density at radius 3 is 2.87 bits per heavy atom. The molecule has 0 amide bonds. The number of hydrogen-bond acceptors (Lipinski definition) is 4. The molecule has 3 N–H and O–H groups in total. The molecule has 2 unspecified atom stereocenters. The van der Waals surface area contributed by atoms with Crippen LogP contribution in [0.1, 0.15) is 25.7 Å². The van der Waals surface area contributed by atoms with E-state index in [0.29, 0.717) is 6.04 Å². The molecule has 88 valence electrons. The van der Waals surface area contributed by atoms with Crippen LogP contribution in [-0.4, -0.2) is 55.2 Å². The van der Waals surface area contributed by atoms with E-state index in [-0.39, 0.29) is 5.54 Å². The van der Waals surface area contributed by atoms with Gasteiger partial charge in [-0.15, -0.1) is 0 Å². The topological polar surface area (TPSA) is 44.5 Å². The normalized spacial score (nSPS) is 37.2. The molecule has 4 nitrogen and oxygen atoms in total. The minimum atomic E-state index is 0.129. The van der Waals surface area contributed by atoms with Gasteiger partial charge < -0.3 is 5.73 Å². The number of nitrogens with one attached hydrogen (secondary N) is 1. The highest BCUT2D eigenvalue weighted by Gasteiger charge is 2.47. The first-order chi connectivity index (χ1) is 7.18. The molecule has 4 heteroatoms. The number of hydrogen-bond donors (Lipinski definition) is 2. The fourth-order valence-corrected chi connectivity index (χ4v) is 3.25. The maximum atomic E-state index is 6.01. The summed E-state index contributed by atoms with van der Waals surface area (Å²) in [4.78, 5) is 2.62. The van der Waals surface area contributed by atoms with E-state index in [1.54, 1.807) is 0 Å². The fraction of sp³-hybridized carbons (Fsp3) is 1.00. The summed E-state index contributed by atoms with van der Waals surface area (Å²) in [5.74, 6) is 0. The number of nitrogens with two attached hydrogens (primary N) is 1. The Kier molecular flexibility index (Phi) is 3.30. The molecule has 0 aromatic heterocycles. The van der Waals surface area contributed by atoms with Crippen LogP contribution >= 0.6 is 0 Å². The van der Waals surface area contributed by atoms with Crippen molar-refractivity contribution < 1.29 is 0 Å². The summed E-state index contributed by atoms with van der Waals surface area (Å²) in [7, 11) is 4.12. The predicted molar refractivity (Wildman–Crippen MR) is 62.4 cm³/mol. The van der Waals surface area contributed by atoms with Crippen LogP contribution in [0.4, 0.5) is 0 Å². The van der Waals surface area contributed by atoms with E-state index < -0.39 is 0 Å². The lowest BCUT2D eigenvalue weighted by atomic mass is 9.86. The van der Waals surface area contributed by atoms with Crippen LogP contribution in [0.3, 0.4) is 0 Å². The second-order valence-electron chi connectivity index (χ2n) is 5.16. The Balaban J connectivity index is 2.11. The molecule has 2 heterocycles. The lowest BCUT2D eigenvalue weighted by molar-refractivity contribution is 0.0891. The van der Waals surface area contributed by atoms with Gasteiger partial charge in [-0.3, -0.25) is 4.90 Å². The van der Waals surface area contributed by atoms with E-state index in [4.69, 9.17) is 5.73 Å². The summed E-state index contributed by atoms with van der Waals surface area (Å²) in [5, 5.41) is 2.06. The molecule has 0 aromatic carbocycles. The molecule has 2 fully saturated rings. The first-order valence-electron chi connectivity index (χ1n) is 6.07. The van der Waals surface area contributed by atoms with Gasteiger partial charge in [0.15, 0.2) is 0 Å². The SMILES string of the molecule is CN(C)NC1(CN)CCN2CCCCC21. The molecule has 0 radical (unpaired) electrons. The van der Waals surface area contributed by atoms with Crippen molar-refractivity contribution >= 4 is 0 Å². The van der Waals surface area contributed by atoms with Gasteiger partial charge in [-0.25, -0.2) is 10.4 Å². The summed E-state index contributed by atoms with van der Waals surface area (Å²) in [6, 6.07) is 0.652. The van der Waals surface area contributed by atoms with Crippen LogP contribution in [0.25, 0.3) is 0 Å². The molecule has 2 rings (SSSR count). The molecule has 15 heavy (non-hydrogen) atoms. The molecule has 0 spiro atoms. The minimum absolute atomic E-state index is 0.129. The van der Waals surface area contributed by atoms with Crippen molar-refractivity contribution in [3.63, 3.8) is 0 Å². The maximum Gasteiger partial charge on any atom is 0.0614 e. The molecule has 2 atom stereocenters. The van der Waals surface area contributed by atoms with Crippen molar-refractivity contribution in [2.75, 3.05) is 33.7 Å². The zero-order chi connectivity index (χ0) is 10.9. The highest BCUT2D eigenvalue weighted by atomic mass is 15.5. The van der Waals surface area contributed by atoms with Crippen molar-refractivity contribution in [2.24, 2.45) is 5.73 Å². The van der Waals surface area contributed by atoms with E-state index in [1.165, 1.54) is 38.8 Å². The van der Waals surface area contributed by atoms with Gasteiger partial charge in [0.05, 0.1) is 5.54 Å². The minimum Gasteiger partial charge on any atom is -0.329 e. The molecule has 2 aliphatic heterocycles. The number of piperidine rings is 1. The Labute approximate surface area is 92.8 Å². The van der Waals surface area contributed by atoms with Gasteiger partial charge in [0.25, 0.3) is 0 Å². The van der Waals surface area contributed by atoms with Gasteiger partial charge >= 0.3 is 0 Å². The van der Waals surface area contributed by atoms with Crippen molar-refractivity contribution in [3.8, 4) is 0 Å². The highest BCUT2D eigenvalue weighted by molar-refractivity contribution is 5.06. The van der Waals surface area contributed by atoms with Crippen LogP contribution in [0.2, 0.25) is 0 Å². The molecule has 0 saturated carbocycles. The van der Waals surface area contributed by atoms with E-state index in [0.717, 1.165) is 6.54 Å². The Morgan fingerprint density at radius 2 is 2.20 bits per heavy atom. The average Bonchev–Trinajstić information content (AvgIpc) is 2.58. The van der Waals surface area contributed by atoms with E-state index in [1.807, 2.05) is 0 Å². The number of nitrogens with zero attached hydrogens (tertiary/aromatic N) is 2. The summed E-state index contributed by atoms with van der Waals surface area (Å²) >= 11 is 0. The monoisotopic (exact) mass is 212 g/mol. The van der Waals surface area contributed by atoms with Gasteiger partial charge in [-0.1, -0.05) is 6.42 Å². The van der Waals surface area contributed by atoms with E-state index in [2.05, 4.69) is 29.4 Å². The van der Waals surface area contributed by atoms with E-state index in [9.17, 15) is 0 Å². The fourth-order valence-electron chi connectivity index (χ4n) is 3.25. The van der Waals surface area contributed by atoms with Gasteiger partial charge in [0.2, 0.25) is 0 Å². The van der Waals surface area contributed by atoms with Gasteiger partial charge in [0.1, 0.15) is 0 Å². The van der Waals surface area contributed by atoms with Gasteiger partial charge in [-0.2, -0.15) is 0 Å². The van der Waals surface area contributed by atoms with Crippen LogP contribution in [0.5, 0.6) is 0 Å². The van der Waals surface area contributed by atoms with Crippen LogP contribution in [0, 0.1) is 0 Å². The molecule has 0 aliphatic carbocycles. The number of fused-ring (bicyclic) bond motifs is 1. The largest absolute Gasteiger partial charge is 0.329 e.